The van der Waals surface area contributed by atoms with Gasteiger partial charge >= 0.3 is 0 Å². The summed E-state index contributed by atoms with van der Waals surface area (Å²) in [5.41, 5.74) is 2.20. The first kappa shape index (κ1) is 18.2. The number of hydrogen-bond acceptors (Lipinski definition) is 2. The van der Waals surface area contributed by atoms with E-state index in [1.54, 1.807) is 24.3 Å². The molecule has 0 aromatic heterocycles. The number of allylic oxidation sites excluding steroid dienone is 3. The number of benzene rings is 2. The highest BCUT2D eigenvalue weighted by Gasteiger charge is 2.11. The van der Waals surface area contributed by atoms with Gasteiger partial charge in [0.05, 0.1) is 4.90 Å². The van der Waals surface area contributed by atoms with Crippen molar-refractivity contribution < 1.29 is 8.42 Å². The van der Waals surface area contributed by atoms with Crippen molar-refractivity contribution in [1.29, 1.82) is 0 Å². The SMILES string of the molecule is Cc1ccc(S(=O)(=O)NCCC/C=C/C=C/c2ccccc2)cc1. The smallest absolute Gasteiger partial charge is 0.211 e. The zero-order valence-corrected chi connectivity index (χ0v) is 14.7. The van der Waals surface area contributed by atoms with E-state index in [0.717, 1.165) is 24.0 Å². The van der Waals surface area contributed by atoms with Crippen molar-refractivity contribution in [3.05, 3.63) is 84.0 Å². The first-order valence-corrected chi connectivity index (χ1v) is 9.51. The molecule has 2 aromatic rings. The fourth-order valence-electron chi connectivity index (χ4n) is 2.13. The molecule has 0 spiro atoms. The van der Waals surface area contributed by atoms with E-state index in [9.17, 15) is 8.42 Å². The third kappa shape index (κ3) is 6.14. The summed E-state index contributed by atoms with van der Waals surface area (Å²) in [4.78, 5) is 0.314. The highest BCUT2D eigenvalue weighted by atomic mass is 32.2. The molecular formula is C20H23NO2S. The van der Waals surface area contributed by atoms with Crippen molar-refractivity contribution in [3.8, 4) is 0 Å². The minimum Gasteiger partial charge on any atom is -0.211 e. The fraction of sp³-hybridized carbons (Fsp3) is 0.200. The second-order valence-corrected chi connectivity index (χ2v) is 7.32. The lowest BCUT2D eigenvalue weighted by atomic mass is 10.2. The van der Waals surface area contributed by atoms with Gasteiger partial charge < -0.3 is 0 Å². The van der Waals surface area contributed by atoms with Gasteiger partial charge in [0, 0.05) is 6.54 Å². The molecule has 2 aromatic carbocycles. The number of nitrogens with one attached hydrogen (secondary N) is 1. The molecule has 0 aliphatic heterocycles. The largest absolute Gasteiger partial charge is 0.240 e. The molecule has 3 nitrogen and oxygen atoms in total. The number of sulfonamides is 1. The van der Waals surface area contributed by atoms with E-state index in [0.29, 0.717) is 11.4 Å². The van der Waals surface area contributed by atoms with Gasteiger partial charge in [0.25, 0.3) is 0 Å². The number of rotatable bonds is 8. The van der Waals surface area contributed by atoms with Crippen LogP contribution in [0.4, 0.5) is 0 Å². The molecule has 0 saturated carbocycles. The molecule has 0 atom stereocenters. The topological polar surface area (TPSA) is 46.2 Å². The van der Waals surface area contributed by atoms with Crippen LogP contribution in [-0.2, 0) is 10.0 Å². The van der Waals surface area contributed by atoms with Gasteiger partial charge in [-0.3, -0.25) is 0 Å². The Morgan fingerprint density at radius 2 is 1.67 bits per heavy atom. The van der Waals surface area contributed by atoms with Crippen LogP contribution in [0, 0.1) is 6.92 Å². The van der Waals surface area contributed by atoms with Crippen molar-refractivity contribution in [2.24, 2.45) is 0 Å². The lowest BCUT2D eigenvalue weighted by molar-refractivity contribution is 0.579. The van der Waals surface area contributed by atoms with E-state index >= 15 is 0 Å². The van der Waals surface area contributed by atoms with Crippen LogP contribution >= 0.6 is 0 Å². The van der Waals surface area contributed by atoms with E-state index in [-0.39, 0.29) is 0 Å². The minimum absolute atomic E-state index is 0.314. The van der Waals surface area contributed by atoms with Crippen LogP contribution in [0.5, 0.6) is 0 Å². The number of hydrogen-bond donors (Lipinski definition) is 1. The van der Waals surface area contributed by atoms with Crippen LogP contribution in [-0.4, -0.2) is 15.0 Å². The van der Waals surface area contributed by atoms with Crippen LogP contribution < -0.4 is 4.72 Å². The Kier molecular flexibility index (Phi) is 6.97. The Labute approximate surface area is 144 Å². The third-order valence-corrected chi connectivity index (χ3v) is 4.98. The molecule has 0 aliphatic carbocycles. The molecule has 1 N–H and O–H groups in total. The molecule has 0 heterocycles. The van der Waals surface area contributed by atoms with Gasteiger partial charge in [-0.1, -0.05) is 72.3 Å². The molecular weight excluding hydrogens is 318 g/mol. The van der Waals surface area contributed by atoms with Crippen LogP contribution in [0.15, 0.2) is 77.7 Å². The summed E-state index contributed by atoms with van der Waals surface area (Å²) in [6.07, 6.45) is 9.65. The molecule has 24 heavy (non-hydrogen) atoms. The molecule has 0 aliphatic rings. The summed E-state index contributed by atoms with van der Waals surface area (Å²) in [6.45, 7) is 2.37. The maximum Gasteiger partial charge on any atom is 0.240 e. The van der Waals surface area contributed by atoms with Crippen molar-refractivity contribution in [2.45, 2.75) is 24.7 Å². The van der Waals surface area contributed by atoms with Crippen molar-refractivity contribution in [1.82, 2.24) is 4.72 Å². The lowest BCUT2D eigenvalue weighted by Crippen LogP contribution is -2.24. The summed E-state index contributed by atoms with van der Waals surface area (Å²) in [7, 11) is -3.40. The van der Waals surface area contributed by atoms with Crippen molar-refractivity contribution in [3.63, 3.8) is 0 Å². The third-order valence-electron chi connectivity index (χ3n) is 3.51. The highest BCUT2D eigenvalue weighted by molar-refractivity contribution is 7.89. The van der Waals surface area contributed by atoms with Crippen LogP contribution in [0.1, 0.15) is 24.0 Å². The highest BCUT2D eigenvalue weighted by Crippen LogP contribution is 2.09. The zero-order chi connectivity index (χ0) is 17.3. The Balaban J connectivity index is 1.70. The van der Waals surface area contributed by atoms with Gasteiger partial charge in [-0.2, -0.15) is 0 Å². The molecule has 0 saturated heterocycles. The molecule has 2 rings (SSSR count). The minimum atomic E-state index is -3.40. The normalized spacial score (nSPS) is 12.2. The standard InChI is InChI=1S/C20H23NO2S/c1-18-13-15-20(16-14-18)24(22,23)21-17-9-4-2-3-6-10-19-11-7-5-8-12-19/h2-3,5-8,10-16,21H,4,9,17H2,1H3/b3-2+,10-6+. The monoisotopic (exact) mass is 341 g/mol. The molecule has 0 fully saturated rings. The van der Waals surface area contributed by atoms with Gasteiger partial charge in [-0.25, -0.2) is 13.1 Å². The van der Waals surface area contributed by atoms with Crippen molar-refractivity contribution >= 4 is 16.1 Å². The predicted octanol–water partition coefficient (Wildman–Crippen LogP) is 4.32. The molecule has 126 valence electrons. The van der Waals surface area contributed by atoms with Gasteiger partial charge in [0.1, 0.15) is 0 Å². The van der Waals surface area contributed by atoms with Gasteiger partial charge in [-0.15, -0.1) is 0 Å². The molecule has 0 radical (unpaired) electrons. The van der Waals surface area contributed by atoms with Gasteiger partial charge in [0.2, 0.25) is 10.0 Å². The van der Waals surface area contributed by atoms with E-state index < -0.39 is 10.0 Å². The average Bonchev–Trinajstić information content (AvgIpc) is 2.58. The van der Waals surface area contributed by atoms with Crippen molar-refractivity contribution in [2.75, 3.05) is 6.54 Å². The number of aryl methyl sites for hydroxylation is 1. The van der Waals surface area contributed by atoms with E-state index in [1.165, 1.54) is 0 Å². The first-order valence-electron chi connectivity index (χ1n) is 8.02. The van der Waals surface area contributed by atoms with E-state index in [1.807, 2.05) is 61.6 Å². The maximum atomic E-state index is 12.1. The molecule has 0 unspecified atom stereocenters. The second-order valence-electron chi connectivity index (χ2n) is 5.55. The average molecular weight is 341 g/mol. The van der Waals surface area contributed by atoms with Crippen LogP contribution in [0.25, 0.3) is 6.08 Å². The Morgan fingerprint density at radius 1 is 0.958 bits per heavy atom. The van der Waals surface area contributed by atoms with E-state index in [4.69, 9.17) is 0 Å². The Hall–Kier alpha value is -2.17. The van der Waals surface area contributed by atoms with Crippen LogP contribution in [0.3, 0.4) is 0 Å². The van der Waals surface area contributed by atoms with Gasteiger partial charge in [-0.05, 0) is 37.5 Å². The molecule has 4 heteroatoms. The fourth-order valence-corrected chi connectivity index (χ4v) is 3.21. The number of unbranched alkanes of at least 4 members (excludes halogenated alkanes) is 1. The summed E-state index contributed by atoms with van der Waals surface area (Å²) in [6, 6.07) is 17.0. The van der Waals surface area contributed by atoms with E-state index in [2.05, 4.69) is 4.72 Å². The summed E-state index contributed by atoms with van der Waals surface area (Å²) in [5, 5.41) is 0. The molecule has 0 bridgehead atoms. The lowest BCUT2D eigenvalue weighted by Gasteiger charge is -2.06. The Morgan fingerprint density at radius 3 is 2.38 bits per heavy atom. The molecule has 0 amide bonds. The second kappa shape index (κ2) is 9.21. The summed E-state index contributed by atoms with van der Waals surface area (Å²) < 4.78 is 26.8. The zero-order valence-electron chi connectivity index (χ0n) is 13.9. The predicted molar refractivity (Wildman–Crippen MR) is 100 cm³/mol. The summed E-state index contributed by atoms with van der Waals surface area (Å²) >= 11 is 0. The summed E-state index contributed by atoms with van der Waals surface area (Å²) in [5.74, 6) is 0. The van der Waals surface area contributed by atoms with Crippen LogP contribution in [0.2, 0.25) is 0 Å². The maximum absolute atomic E-state index is 12.1. The van der Waals surface area contributed by atoms with Gasteiger partial charge in [0.15, 0.2) is 0 Å². The first-order chi connectivity index (χ1) is 11.6. The quantitative estimate of drug-likeness (QED) is 0.574. The Bertz CT molecular complexity index is 776.